The van der Waals surface area contributed by atoms with Gasteiger partial charge in [0.2, 0.25) is 5.91 Å². The van der Waals surface area contributed by atoms with Crippen LogP contribution >= 0.6 is 12.4 Å². The summed E-state index contributed by atoms with van der Waals surface area (Å²) in [4.78, 5) is 16.0. The van der Waals surface area contributed by atoms with Crippen LogP contribution in [-0.4, -0.2) is 10.9 Å². The number of halogens is 1. The van der Waals surface area contributed by atoms with Gasteiger partial charge in [0.1, 0.15) is 0 Å². The Morgan fingerprint density at radius 3 is 2.52 bits per heavy atom. The van der Waals surface area contributed by atoms with Gasteiger partial charge in [-0.1, -0.05) is 31.2 Å². The molecule has 2 rings (SSSR count). The number of nitrogens with two attached hydrogens (primary N) is 1. The molecule has 1 heterocycles. The van der Waals surface area contributed by atoms with Gasteiger partial charge in [-0.3, -0.25) is 9.78 Å². The standard InChI is InChI=1S/C16H19N3O.ClH/c1-2-12-5-3-4-6-13(12)10-19-16(20)9-15-8-7-14(17)11-18-15;/h3-8,11H,2,9-10,17H2,1H3,(H,19,20);1H. The Kier molecular flexibility index (Phi) is 6.69. The summed E-state index contributed by atoms with van der Waals surface area (Å²) in [6, 6.07) is 11.7. The van der Waals surface area contributed by atoms with Gasteiger partial charge >= 0.3 is 0 Å². The Hall–Kier alpha value is -2.07. The van der Waals surface area contributed by atoms with Crippen LogP contribution in [0.4, 0.5) is 5.69 Å². The molecule has 112 valence electrons. The molecule has 21 heavy (non-hydrogen) atoms. The number of hydrogen-bond donors (Lipinski definition) is 2. The number of hydrogen-bond acceptors (Lipinski definition) is 3. The maximum Gasteiger partial charge on any atom is 0.226 e. The molecule has 0 saturated heterocycles. The van der Waals surface area contributed by atoms with Crippen molar-refractivity contribution in [3.63, 3.8) is 0 Å². The number of carbonyl (C=O) groups excluding carboxylic acids is 1. The zero-order chi connectivity index (χ0) is 14.4. The molecule has 1 aromatic heterocycles. The summed E-state index contributed by atoms with van der Waals surface area (Å²) in [5.74, 6) is -0.0341. The van der Waals surface area contributed by atoms with E-state index >= 15 is 0 Å². The zero-order valence-electron chi connectivity index (χ0n) is 12.0. The summed E-state index contributed by atoms with van der Waals surface area (Å²) < 4.78 is 0. The van der Waals surface area contributed by atoms with Crippen molar-refractivity contribution in [1.29, 1.82) is 0 Å². The van der Waals surface area contributed by atoms with E-state index < -0.39 is 0 Å². The van der Waals surface area contributed by atoms with E-state index in [2.05, 4.69) is 23.3 Å². The van der Waals surface area contributed by atoms with Gasteiger partial charge in [0.15, 0.2) is 0 Å². The van der Waals surface area contributed by atoms with Gasteiger partial charge in [-0.05, 0) is 29.7 Å². The molecule has 0 spiro atoms. The van der Waals surface area contributed by atoms with Crippen molar-refractivity contribution in [2.24, 2.45) is 0 Å². The number of nitrogen functional groups attached to an aromatic ring is 1. The van der Waals surface area contributed by atoms with Crippen molar-refractivity contribution in [3.05, 3.63) is 59.4 Å². The third kappa shape index (κ3) is 5.08. The fourth-order valence-electron chi connectivity index (χ4n) is 2.04. The first-order valence-electron chi connectivity index (χ1n) is 6.73. The van der Waals surface area contributed by atoms with E-state index in [1.807, 2.05) is 18.2 Å². The van der Waals surface area contributed by atoms with Crippen LogP contribution in [-0.2, 0) is 24.2 Å². The topological polar surface area (TPSA) is 68.0 Å². The molecule has 0 fully saturated rings. The van der Waals surface area contributed by atoms with Crippen molar-refractivity contribution < 1.29 is 4.79 Å². The van der Waals surface area contributed by atoms with Crippen LogP contribution in [0, 0.1) is 0 Å². The first kappa shape index (κ1) is 17.0. The maximum absolute atomic E-state index is 11.9. The largest absolute Gasteiger partial charge is 0.397 e. The second kappa shape index (κ2) is 8.27. The van der Waals surface area contributed by atoms with E-state index in [0.717, 1.165) is 17.7 Å². The van der Waals surface area contributed by atoms with Crippen LogP contribution in [0.2, 0.25) is 0 Å². The van der Waals surface area contributed by atoms with Crippen molar-refractivity contribution in [3.8, 4) is 0 Å². The highest BCUT2D eigenvalue weighted by molar-refractivity contribution is 5.85. The minimum absolute atomic E-state index is 0. The molecule has 0 aliphatic heterocycles. The Morgan fingerprint density at radius 1 is 1.19 bits per heavy atom. The number of nitrogens with zero attached hydrogens (tertiary/aromatic N) is 1. The predicted molar refractivity (Wildman–Crippen MR) is 87.3 cm³/mol. The number of rotatable bonds is 5. The van der Waals surface area contributed by atoms with Gasteiger partial charge in [0.25, 0.3) is 0 Å². The van der Waals surface area contributed by atoms with E-state index in [-0.39, 0.29) is 24.7 Å². The SMILES string of the molecule is CCc1ccccc1CNC(=O)Cc1ccc(N)cn1.Cl. The summed E-state index contributed by atoms with van der Waals surface area (Å²) in [7, 11) is 0. The molecule has 0 saturated carbocycles. The van der Waals surface area contributed by atoms with Gasteiger partial charge in [-0.15, -0.1) is 12.4 Å². The average molecular weight is 306 g/mol. The smallest absolute Gasteiger partial charge is 0.226 e. The molecule has 5 heteroatoms. The van der Waals surface area contributed by atoms with E-state index in [1.165, 1.54) is 5.56 Å². The highest BCUT2D eigenvalue weighted by Crippen LogP contribution is 2.09. The first-order chi connectivity index (χ1) is 9.69. The number of anilines is 1. The second-order valence-electron chi connectivity index (χ2n) is 4.66. The number of benzene rings is 1. The van der Waals surface area contributed by atoms with Crippen LogP contribution in [0.3, 0.4) is 0 Å². The molecule has 4 nitrogen and oxygen atoms in total. The number of nitrogens with one attached hydrogen (secondary N) is 1. The molecule has 1 aromatic carbocycles. The summed E-state index contributed by atoms with van der Waals surface area (Å²) in [5.41, 5.74) is 9.31. The molecule has 0 aliphatic rings. The van der Waals surface area contributed by atoms with Crippen molar-refractivity contribution in [2.45, 2.75) is 26.3 Å². The Bertz CT molecular complexity index is 584. The Labute approximate surface area is 131 Å². The minimum atomic E-state index is -0.0341. The minimum Gasteiger partial charge on any atom is -0.397 e. The molecule has 0 unspecified atom stereocenters. The molecular formula is C16H20ClN3O. The van der Waals surface area contributed by atoms with Crippen LogP contribution < -0.4 is 11.1 Å². The van der Waals surface area contributed by atoms with Crippen molar-refractivity contribution in [2.75, 3.05) is 5.73 Å². The number of carbonyl (C=O) groups is 1. The normalized spacial score (nSPS) is 9.76. The lowest BCUT2D eigenvalue weighted by Gasteiger charge is -2.09. The molecule has 0 aliphatic carbocycles. The monoisotopic (exact) mass is 305 g/mol. The molecule has 2 aromatic rings. The van der Waals surface area contributed by atoms with Crippen LogP contribution in [0.5, 0.6) is 0 Å². The van der Waals surface area contributed by atoms with E-state index in [4.69, 9.17) is 5.73 Å². The second-order valence-corrected chi connectivity index (χ2v) is 4.66. The van der Waals surface area contributed by atoms with Gasteiger partial charge in [-0.2, -0.15) is 0 Å². The first-order valence-corrected chi connectivity index (χ1v) is 6.73. The molecule has 3 N–H and O–H groups in total. The van der Waals surface area contributed by atoms with E-state index in [0.29, 0.717) is 12.2 Å². The number of aromatic nitrogens is 1. The highest BCUT2D eigenvalue weighted by Gasteiger charge is 2.06. The fraction of sp³-hybridized carbons (Fsp3) is 0.250. The van der Waals surface area contributed by atoms with Crippen molar-refractivity contribution in [1.82, 2.24) is 10.3 Å². The summed E-state index contributed by atoms with van der Waals surface area (Å²) >= 11 is 0. The lowest BCUT2D eigenvalue weighted by molar-refractivity contribution is -0.120. The van der Waals surface area contributed by atoms with Crippen LogP contribution in [0.15, 0.2) is 42.6 Å². The van der Waals surface area contributed by atoms with E-state index in [9.17, 15) is 4.79 Å². The van der Waals surface area contributed by atoms with Gasteiger partial charge in [0, 0.05) is 12.2 Å². The van der Waals surface area contributed by atoms with Crippen LogP contribution in [0.1, 0.15) is 23.7 Å². The third-order valence-electron chi connectivity index (χ3n) is 3.16. The highest BCUT2D eigenvalue weighted by atomic mass is 35.5. The Balaban J connectivity index is 0.00000220. The van der Waals surface area contributed by atoms with Gasteiger partial charge < -0.3 is 11.1 Å². The van der Waals surface area contributed by atoms with E-state index in [1.54, 1.807) is 18.3 Å². The maximum atomic E-state index is 11.9. The average Bonchev–Trinajstić information content (AvgIpc) is 2.48. The zero-order valence-corrected chi connectivity index (χ0v) is 12.8. The fourth-order valence-corrected chi connectivity index (χ4v) is 2.04. The van der Waals surface area contributed by atoms with Gasteiger partial charge in [0.05, 0.1) is 18.3 Å². The molecule has 0 radical (unpaired) electrons. The van der Waals surface area contributed by atoms with Crippen molar-refractivity contribution >= 4 is 24.0 Å². The lowest BCUT2D eigenvalue weighted by Crippen LogP contribution is -2.25. The van der Waals surface area contributed by atoms with Crippen LogP contribution in [0.25, 0.3) is 0 Å². The summed E-state index contributed by atoms with van der Waals surface area (Å²) in [6.45, 7) is 2.66. The molecular weight excluding hydrogens is 286 g/mol. The summed E-state index contributed by atoms with van der Waals surface area (Å²) in [5, 5.41) is 2.93. The summed E-state index contributed by atoms with van der Waals surface area (Å²) in [6.07, 6.45) is 2.80. The number of amides is 1. The van der Waals surface area contributed by atoms with Gasteiger partial charge in [-0.25, -0.2) is 0 Å². The quantitative estimate of drug-likeness (QED) is 0.892. The lowest BCUT2D eigenvalue weighted by atomic mass is 10.1. The number of pyridine rings is 1. The third-order valence-corrected chi connectivity index (χ3v) is 3.16. The predicted octanol–water partition coefficient (Wildman–Crippen LogP) is 2.51. The molecule has 0 atom stereocenters. The molecule has 0 bridgehead atoms. The molecule has 1 amide bonds. The number of aryl methyl sites for hydroxylation is 1. The Morgan fingerprint density at radius 2 is 1.90 bits per heavy atom.